The molecule has 0 heterocycles. The first-order valence-electron chi connectivity index (χ1n) is 4.25. The highest BCUT2D eigenvalue weighted by molar-refractivity contribution is 9.09. The summed E-state index contributed by atoms with van der Waals surface area (Å²) in [6.45, 7) is 0.403. The highest BCUT2D eigenvalue weighted by Gasteiger charge is 2.13. The van der Waals surface area contributed by atoms with Gasteiger partial charge >= 0.3 is 0 Å². The molecule has 4 heteroatoms. The van der Waals surface area contributed by atoms with Gasteiger partial charge in [-0.2, -0.15) is 0 Å². The lowest BCUT2D eigenvalue weighted by molar-refractivity contribution is -0.128. The van der Waals surface area contributed by atoms with Crippen LogP contribution in [0.15, 0.2) is 30.3 Å². The summed E-state index contributed by atoms with van der Waals surface area (Å²) in [4.78, 5) is 10.8. The molecule has 1 aromatic rings. The molecule has 14 heavy (non-hydrogen) atoms. The monoisotopic (exact) mass is 257 g/mol. The third-order valence-corrected chi connectivity index (χ3v) is 2.34. The molecule has 1 aromatic carbocycles. The summed E-state index contributed by atoms with van der Waals surface area (Å²) >= 11 is 3.16. The van der Waals surface area contributed by atoms with Gasteiger partial charge in [-0.1, -0.05) is 46.3 Å². The zero-order valence-electron chi connectivity index (χ0n) is 7.65. The molecule has 1 atom stereocenters. The molecule has 0 aliphatic heterocycles. The first-order valence-corrected chi connectivity index (χ1v) is 5.37. The fourth-order valence-electron chi connectivity index (χ4n) is 0.974. The minimum Gasteiger partial charge on any atom is -0.367 e. The van der Waals surface area contributed by atoms with Crippen LogP contribution < -0.4 is 5.73 Å². The summed E-state index contributed by atoms with van der Waals surface area (Å²) in [6.07, 6.45) is -0.560. The Bertz CT molecular complexity index is 289. The Morgan fingerprint density at radius 1 is 1.43 bits per heavy atom. The second kappa shape index (κ2) is 5.78. The van der Waals surface area contributed by atoms with Crippen molar-refractivity contribution in [2.75, 3.05) is 5.33 Å². The lowest BCUT2D eigenvalue weighted by Gasteiger charge is -2.11. The molecule has 0 aliphatic rings. The largest absolute Gasteiger partial charge is 0.367 e. The van der Waals surface area contributed by atoms with Crippen LogP contribution in [0.25, 0.3) is 0 Å². The van der Waals surface area contributed by atoms with Crippen molar-refractivity contribution in [1.29, 1.82) is 0 Å². The Hall–Kier alpha value is -0.870. The summed E-state index contributed by atoms with van der Waals surface area (Å²) in [6, 6.07) is 9.65. The SMILES string of the molecule is NC(=O)C(CBr)OCc1ccccc1. The number of hydrogen-bond donors (Lipinski definition) is 1. The van der Waals surface area contributed by atoms with Crippen LogP contribution in [0, 0.1) is 0 Å². The second-order valence-electron chi connectivity index (χ2n) is 2.84. The van der Waals surface area contributed by atoms with Crippen LogP contribution in [-0.2, 0) is 16.1 Å². The normalized spacial score (nSPS) is 12.4. The minimum atomic E-state index is -0.560. The molecule has 0 aliphatic carbocycles. The van der Waals surface area contributed by atoms with Gasteiger partial charge in [0.1, 0.15) is 6.10 Å². The predicted molar refractivity (Wildman–Crippen MR) is 58.0 cm³/mol. The number of benzene rings is 1. The van der Waals surface area contributed by atoms with Crippen LogP contribution in [0.2, 0.25) is 0 Å². The molecule has 3 nitrogen and oxygen atoms in total. The first kappa shape index (κ1) is 11.2. The van der Waals surface area contributed by atoms with Gasteiger partial charge in [0.05, 0.1) is 6.61 Å². The zero-order valence-corrected chi connectivity index (χ0v) is 9.24. The Kier molecular flexibility index (Phi) is 4.62. The first-order chi connectivity index (χ1) is 6.74. The summed E-state index contributed by atoms with van der Waals surface area (Å²) in [5.74, 6) is -0.446. The summed E-state index contributed by atoms with van der Waals surface area (Å²) < 4.78 is 5.32. The number of carbonyl (C=O) groups is 1. The van der Waals surface area contributed by atoms with Crippen molar-refractivity contribution in [1.82, 2.24) is 0 Å². The van der Waals surface area contributed by atoms with Gasteiger partial charge in [-0.3, -0.25) is 4.79 Å². The van der Waals surface area contributed by atoms with Gasteiger partial charge in [0.25, 0.3) is 0 Å². The van der Waals surface area contributed by atoms with Crippen molar-refractivity contribution in [3.63, 3.8) is 0 Å². The average Bonchev–Trinajstić information content (AvgIpc) is 2.20. The molecule has 0 fully saturated rings. The van der Waals surface area contributed by atoms with E-state index in [1.165, 1.54) is 0 Å². The number of carbonyl (C=O) groups excluding carboxylic acids is 1. The van der Waals surface area contributed by atoms with Crippen LogP contribution in [-0.4, -0.2) is 17.3 Å². The Balaban J connectivity index is 2.44. The Morgan fingerprint density at radius 2 is 2.07 bits per heavy atom. The average molecular weight is 258 g/mol. The van der Waals surface area contributed by atoms with E-state index in [1.54, 1.807) is 0 Å². The Morgan fingerprint density at radius 3 is 2.57 bits per heavy atom. The number of halogens is 1. The van der Waals surface area contributed by atoms with Gasteiger partial charge in [0.2, 0.25) is 5.91 Å². The fourth-order valence-corrected chi connectivity index (χ4v) is 1.48. The van der Waals surface area contributed by atoms with Crippen molar-refractivity contribution in [2.45, 2.75) is 12.7 Å². The lowest BCUT2D eigenvalue weighted by Crippen LogP contribution is -2.32. The van der Waals surface area contributed by atoms with Crippen LogP contribution in [0.4, 0.5) is 0 Å². The number of hydrogen-bond acceptors (Lipinski definition) is 2. The lowest BCUT2D eigenvalue weighted by atomic mass is 10.2. The molecule has 0 bridgehead atoms. The maximum atomic E-state index is 10.8. The van der Waals surface area contributed by atoms with Gasteiger partial charge in [-0.05, 0) is 5.56 Å². The van der Waals surface area contributed by atoms with Crippen molar-refractivity contribution in [3.8, 4) is 0 Å². The summed E-state index contributed by atoms with van der Waals surface area (Å²) in [5, 5.41) is 0.426. The molecule has 1 rings (SSSR count). The molecule has 0 spiro atoms. The van der Waals surface area contributed by atoms with Crippen LogP contribution in [0.1, 0.15) is 5.56 Å². The highest BCUT2D eigenvalue weighted by Crippen LogP contribution is 2.04. The van der Waals surface area contributed by atoms with Gasteiger partial charge in [-0.25, -0.2) is 0 Å². The standard InChI is InChI=1S/C10H12BrNO2/c11-6-9(10(12)13)14-7-8-4-2-1-3-5-8/h1-5,9H,6-7H2,(H2,12,13). The molecule has 76 valence electrons. The fraction of sp³-hybridized carbons (Fsp3) is 0.300. The molecule has 0 saturated heterocycles. The van der Waals surface area contributed by atoms with Crippen molar-refractivity contribution in [3.05, 3.63) is 35.9 Å². The summed E-state index contributed by atoms with van der Waals surface area (Å²) in [7, 11) is 0. The number of nitrogens with two attached hydrogens (primary N) is 1. The quantitative estimate of drug-likeness (QED) is 0.813. The van der Waals surface area contributed by atoms with Crippen molar-refractivity contribution in [2.24, 2.45) is 5.73 Å². The van der Waals surface area contributed by atoms with Gasteiger partial charge in [-0.15, -0.1) is 0 Å². The maximum absolute atomic E-state index is 10.8. The van der Waals surface area contributed by atoms with E-state index in [2.05, 4.69) is 15.9 Å². The highest BCUT2D eigenvalue weighted by atomic mass is 79.9. The number of primary amides is 1. The third-order valence-electron chi connectivity index (χ3n) is 1.75. The van der Waals surface area contributed by atoms with Crippen LogP contribution in [0.3, 0.4) is 0 Å². The van der Waals surface area contributed by atoms with E-state index in [9.17, 15) is 4.79 Å². The molecule has 0 aromatic heterocycles. The maximum Gasteiger partial charge on any atom is 0.247 e. The molecular formula is C10H12BrNO2. The van der Waals surface area contributed by atoms with Crippen molar-refractivity contribution < 1.29 is 9.53 Å². The molecule has 2 N–H and O–H groups in total. The summed E-state index contributed by atoms with van der Waals surface area (Å²) in [5.41, 5.74) is 6.14. The topological polar surface area (TPSA) is 52.3 Å². The zero-order chi connectivity index (χ0) is 10.4. The van der Waals surface area contributed by atoms with E-state index in [1.807, 2.05) is 30.3 Å². The van der Waals surface area contributed by atoms with Crippen molar-refractivity contribution >= 4 is 21.8 Å². The van der Waals surface area contributed by atoms with Gasteiger partial charge in [0, 0.05) is 5.33 Å². The van der Waals surface area contributed by atoms with Crippen LogP contribution in [0.5, 0.6) is 0 Å². The number of rotatable bonds is 5. The number of alkyl halides is 1. The van der Waals surface area contributed by atoms with E-state index < -0.39 is 12.0 Å². The third kappa shape index (κ3) is 3.47. The number of ether oxygens (including phenoxy) is 1. The van der Waals surface area contributed by atoms with Gasteiger partial charge in [0.15, 0.2) is 0 Å². The van der Waals surface area contributed by atoms with Crippen LogP contribution >= 0.6 is 15.9 Å². The van der Waals surface area contributed by atoms with E-state index in [0.717, 1.165) is 5.56 Å². The minimum absolute atomic E-state index is 0.403. The smallest absolute Gasteiger partial charge is 0.247 e. The molecule has 1 unspecified atom stereocenters. The van der Waals surface area contributed by atoms with E-state index in [4.69, 9.17) is 10.5 Å². The van der Waals surface area contributed by atoms with E-state index >= 15 is 0 Å². The van der Waals surface area contributed by atoms with Gasteiger partial charge < -0.3 is 10.5 Å². The predicted octanol–water partition coefficient (Wildman–Crippen LogP) is 1.45. The van der Waals surface area contributed by atoms with E-state index in [-0.39, 0.29) is 0 Å². The number of amides is 1. The second-order valence-corrected chi connectivity index (χ2v) is 3.49. The Labute approximate surface area is 91.4 Å². The molecule has 1 amide bonds. The molecule has 0 radical (unpaired) electrons. The molecular weight excluding hydrogens is 246 g/mol. The molecule has 0 saturated carbocycles. The van der Waals surface area contributed by atoms with E-state index in [0.29, 0.717) is 11.9 Å².